The number of hydrogen-bond donors (Lipinski definition) is 2. The third kappa shape index (κ3) is 4.14. The summed E-state index contributed by atoms with van der Waals surface area (Å²) in [6.07, 6.45) is 6.87. The van der Waals surface area contributed by atoms with Gasteiger partial charge in [-0.05, 0) is 44.9 Å². The van der Waals surface area contributed by atoms with Crippen molar-refractivity contribution in [3.63, 3.8) is 0 Å². The summed E-state index contributed by atoms with van der Waals surface area (Å²) in [4.78, 5) is 34.2. The molecule has 3 aliphatic heterocycles. The molecule has 0 spiro atoms. The van der Waals surface area contributed by atoms with E-state index in [-0.39, 0.29) is 30.6 Å². The molecule has 1 aromatic rings. The molecule has 4 rings (SSSR count). The molecule has 1 atom stereocenters. The Bertz CT molecular complexity index is 848. The van der Waals surface area contributed by atoms with Crippen LogP contribution in [0.4, 0.5) is 4.79 Å². The molecule has 2 saturated heterocycles. The molecule has 160 valence electrons. The smallest absolute Gasteiger partial charge is 0.376 e. The number of nitrogens with one attached hydrogen (secondary N) is 1. The van der Waals surface area contributed by atoms with Crippen molar-refractivity contribution in [1.29, 1.82) is 0 Å². The number of hydroxylamine groups is 2. The van der Waals surface area contributed by atoms with E-state index in [1.54, 1.807) is 34.7 Å². The number of rotatable bonds is 7. The molecule has 0 radical (unpaired) electrons. The van der Waals surface area contributed by atoms with Gasteiger partial charge in [-0.1, -0.05) is 6.08 Å². The summed E-state index contributed by atoms with van der Waals surface area (Å²) in [6, 6.07) is 1.38. The number of urea groups is 1. The third-order valence-electron chi connectivity index (χ3n) is 5.75. The number of piperidine rings is 1. The fraction of sp³-hybridized carbons (Fsp3) is 0.526. The van der Waals surface area contributed by atoms with Crippen molar-refractivity contribution in [1.82, 2.24) is 29.9 Å². The van der Waals surface area contributed by atoms with Crippen LogP contribution in [0.15, 0.2) is 31.0 Å². The molecule has 11 heteroatoms. The molecule has 3 amide bonds. The summed E-state index contributed by atoms with van der Waals surface area (Å²) in [5, 5.41) is 18.5. The van der Waals surface area contributed by atoms with E-state index < -0.39 is 7.05 Å². The fourth-order valence-corrected chi connectivity index (χ4v) is 4.10. The lowest BCUT2D eigenvalue weighted by Crippen LogP contribution is -2.49. The highest BCUT2D eigenvalue weighted by atomic mass is 16.7. The SMILES string of the molecule is C=CCON1C(=O)N2CC(n3ccc(C(=O)NC4CCN(B(C)O)CC4)n3)=CC1C2. The molecule has 0 aliphatic carbocycles. The van der Waals surface area contributed by atoms with Crippen LogP contribution in [0.2, 0.25) is 6.82 Å². The van der Waals surface area contributed by atoms with Crippen molar-refractivity contribution in [2.24, 2.45) is 0 Å². The van der Waals surface area contributed by atoms with Gasteiger partial charge in [0.05, 0.1) is 24.9 Å². The molecule has 1 aromatic heterocycles. The Balaban J connectivity index is 1.38. The van der Waals surface area contributed by atoms with Crippen LogP contribution in [0.5, 0.6) is 0 Å². The van der Waals surface area contributed by atoms with Crippen LogP contribution < -0.4 is 5.32 Å². The molecule has 3 aliphatic rings. The van der Waals surface area contributed by atoms with Crippen LogP contribution in [-0.2, 0) is 4.84 Å². The average Bonchev–Trinajstić information content (AvgIpc) is 3.31. The van der Waals surface area contributed by atoms with E-state index in [2.05, 4.69) is 17.0 Å². The minimum Gasteiger partial charge on any atom is -0.437 e. The zero-order valence-corrected chi connectivity index (χ0v) is 17.1. The predicted octanol–water partition coefficient (Wildman–Crippen LogP) is 0.266. The van der Waals surface area contributed by atoms with E-state index in [0.717, 1.165) is 31.6 Å². The molecule has 0 aromatic carbocycles. The number of amides is 3. The second-order valence-electron chi connectivity index (χ2n) is 7.86. The summed E-state index contributed by atoms with van der Waals surface area (Å²) in [5.74, 6) is -0.212. The van der Waals surface area contributed by atoms with Gasteiger partial charge in [0, 0.05) is 18.8 Å². The van der Waals surface area contributed by atoms with Crippen LogP contribution in [0, 0.1) is 0 Å². The normalized spacial score (nSPS) is 22.3. The maximum absolute atomic E-state index is 12.6. The Kier molecular flexibility index (Phi) is 5.93. The van der Waals surface area contributed by atoms with Crippen LogP contribution in [0.3, 0.4) is 0 Å². The Morgan fingerprint density at radius 3 is 2.93 bits per heavy atom. The van der Waals surface area contributed by atoms with Gasteiger partial charge in [0.2, 0.25) is 0 Å². The summed E-state index contributed by atoms with van der Waals surface area (Å²) >= 11 is 0. The minimum absolute atomic E-state index is 0.0710. The van der Waals surface area contributed by atoms with Crippen molar-refractivity contribution >= 4 is 24.7 Å². The van der Waals surface area contributed by atoms with Crippen molar-refractivity contribution in [3.05, 3.63) is 36.7 Å². The number of aromatic nitrogens is 2. The number of carbonyl (C=O) groups is 2. The monoisotopic (exact) mass is 414 g/mol. The molecule has 1 unspecified atom stereocenters. The zero-order valence-electron chi connectivity index (χ0n) is 17.1. The standard InChI is InChI=1S/C19H27BN6O4/c1-3-10-30-26-16-11-15(12-23(13-16)19(26)28)25-9-6-17(22-25)18(27)21-14-4-7-24(8-5-14)20(2)29/h3,6,9,11,14,16,29H,1,4-5,7-8,10,12-13H2,2H3,(H,21,27). The maximum atomic E-state index is 12.6. The lowest BCUT2D eigenvalue weighted by atomic mass is 9.82. The minimum atomic E-state index is -0.461. The quantitative estimate of drug-likeness (QED) is 0.491. The average molecular weight is 414 g/mol. The van der Waals surface area contributed by atoms with Gasteiger partial charge < -0.3 is 20.1 Å². The summed E-state index contributed by atoms with van der Waals surface area (Å²) in [7, 11) is -0.461. The molecule has 0 saturated carbocycles. The Morgan fingerprint density at radius 2 is 2.23 bits per heavy atom. The van der Waals surface area contributed by atoms with Crippen LogP contribution >= 0.6 is 0 Å². The van der Waals surface area contributed by atoms with Gasteiger partial charge in [-0.3, -0.25) is 9.63 Å². The van der Waals surface area contributed by atoms with Gasteiger partial charge in [-0.15, -0.1) is 6.58 Å². The Labute approximate surface area is 175 Å². The van der Waals surface area contributed by atoms with Gasteiger partial charge in [0.1, 0.15) is 0 Å². The molecule has 2 N–H and O–H groups in total. The summed E-state index contributed by atoms with van der Waals surface area (Å²) < 4.78 is 1.65. The first-order valence-corrected chi connectivity index (χ1v) is 10.3. The Hall–Kier alpha value is -2.63. The van der Waals surface area contributed by atoms with Crippen LogP contribution in [0.25, 0.3) is 5.70 Å². The second kappa shape index (κ2) is 8.62. The van der Waals surface area contributed by atoms with E-state index in [9.17, 15) is 14.6 Å². The first kappa shape index (κ1) is 20.6. The largest absolute Gasteiger partial charge is 0.437 e. The van der Waals surface area contributed by atoms with Crippen LogP contribution in [-0.4, -0.2) is 93.4 Å². The maximum Gasteiger partial charge on any atom is 0.376 e. The summed E-state index contributed by atoms with van der Waals surface area (Å²) in [6.45, 7) is 8.11. The predicted molar refractivity (Wildman–Crippen MR) is 111 cm³/mol. The van der Waals surface area contributed by atoms with Gasteiger partial charge in [0.25, 0.3) is 5.91 Å². The molecule has 2 bridgehead atoms. The first-order chi connectivity index (χ1) is 14.5. The highest BCUT2D eigenvalue weighted by Crippen LogP contribution is 2.26. The number of hydrogen-bond acceptors (Lipinski definition) is 6. The number of nitrogens with zero attached hydrogens (tertiary/aromatic N) is 5. The van der Waals surface area contributed by atoms with Gasteiger partial charge in [-0.2, -0.15) is 10.2 Å². The molecular formula is C19H27BN6O4. The van der Waals surface area contributed by atoms with Crippen LogP contribution in [0.1, 0.15) is 23.3 Å². The molecule has 4 heterocycles. The van der Waals surface area contributed by atoms with Gasteiger partial charge in [-0.25, -0.2) is 9.48 Å². The zero-order chi connectivity index (χ0) is 21.3. The molecule has 2 fully saturated rings. The fourth-order valence-electron chi connectivity index (χ4n) is 4.10. The highest BCUT2D eigenvalue weighted by molar-refractivity contribution is 6.45. The van der Waals surface area contributed by atoms with E-state index in [0.29, 0.717) is 18.8 Å². The lowest BCUT2D eigenvalue weighted by Gasteiger charge is -2.32. The van der Waals surface area contributed by atoms with E-state index in [1.807, 2.05) is 10.9 Å². The van der Waals surface area contributed by atoms with Crippen molar-refractivity contribution in [2.45, 2.75) is 31.7 Å². The third-order valence-corrected chi connectivity index (χ3v) is 5.75. The van der Waals surface area contributed by atoms with Gasteiger partial charge in [0.15, 0.2) is 5.69 Å². The van der Waals surface area contributed by atoms with E-state index in [1.165, 1.54) is 5.06 Å². The number of fused-ring (bicyclic) bond motifs is 2. The number of carbonyl (C=O) groups excluding carboxylic acids is 2. The van der Waals surface area contributed by atoms with Crippen molar-refractivity contribution in [3.8, 4) is 0 Å². The van der Waals surface area contributed by atoms with E-state index >= 15 is 0 Å². The first-order valence-electron chi connectivity index (χ1n) is 10.3. The highest BCUT2D eigenvalue weighted by Gasteiger charge is 2.41. The van der Waals surface area contributed by atoms with Crippen molar-refractivity contribution < 1.29 is 19.5 Å². The molecule has 10 nitrogen and oxygen atoms in total. The topological polar surface area (TPSA) is 103 Å². The molecule has 30 heavy (non-hydrogen) atoms. The second-order valence-corrected chi connectivity index (χ2v) is 7.86. The molecular weight excluding hydrogens is 387 g/mol. The van der Waals surface area contributed by atoms with E-state index in [4.69, 9.17) is 4.84 Å². The van der Waals surface area contributed by atoms with Gasteiger partial charge >= 0.3 is 13.1 Å². The summed E-state index contributed by atoms with van der Waals surface area (Å²) in [5.41, 5.74) is 1.17. The van der Waals surface area contributed by atoms with Crippen molar-refractivity contribution in [2.75, 3.05) is 32.8 Å². The lowest BCUT2D eigenvalue weighted by molar-refractivity contribution is -0.107. The Morgan fingerprint density at radius 1 is 1.47 bits per heavy atom.